The van der Waals surface area contributed by atoms with Gasteiger partial charge < -0.3 is 10.6 Å². The molecule has 0 bridgehead atoms. The molecular formula is C12H21Cl2N3OS. The number of hydrogen-bond acceptors (Lipinski definition) is 4. The van der Waals surface area contributed by atoms with Crippen molar-refractivity contribution in [1.29, 1.82) is 0 Å². The van der Waals surface area contributed by atoms with E-state index in [2.05, 4.69) is 15.6 Å². The Bertz CT molecular complexity index is 406. The Balaban J connectivity index is 0.00000162. The Morgan fingerprint density at radius 1 is 1.47 bits per heavy atom. The summed E-state index contributed by atoms with van der Waals surface area (Å²) in [6.45, 7) is 6.55. The van der Waals surface area contributed by atoms with Gasteiger partial charge in [0.1, 0.15) is 0 Å². The van der Waals surface area contributed by atoms with Crippen LogP contribution in [0.1, 0.15) is 22.0 Å². The van der Waals surface area contributed by atoms with E-state index in [-0.39, 0.29) is 36.6 Å². The molecule has 0 aliphatic carbocycles. The van der Waals surface area contributed by atoms with Gasteiger partial charge in [-0.3, -0.25) is 4.79 Å². The first-order valence-corrected chi connectivity index (χ1v) is 6.90. The summed E-state index contributed by atoms with van der Waals surface area (Å²) >= 11 is 1.72. The van der Waals surface area contributed by atoms with Gasteiger partial charge in [-0.2, -0.15) is 0 Å². The predicted octanol–water partition coefficient (Wildman–Crippen LogP) is 1.87. The third kappa shape index (κ3) is 5.26. The molecule has 1 aromatic rings. The SMILES string of the molecule is Cc1nc(C)c(CCNC(=O)C2CCNC2)s1.Cl.Cl. The minimum absolute atomic E-state index is 0. The molecule has 7 heteroatoms. The van der Waals surface area contributed by atoms with Gasteiger partial charge in [0, 0.05) is 24.4 Å². The van der Waals surface area contributed by atoms with Crippen molar-refractivity contribution in [3.63, 3.8) is 0 Å². The second-order valence-corrected chi connectivity index (χ2v) is 5.76. The maximum Gasteiger partial charge on any atom is 0.224 e. The first-order chi connectivity index (χ1) is 8.16. The van der Waals surface area contributed by atoms with Gasteiger partial charge in [-0.25, -0.2) is 4.98 Å². The van der Waals surface area contributed by atoms with Crippen LogP contribution in [0.4, 0.5) is 0 Å². The average molecular weight is 326 g/mol. The molecule has 0 radical (unpaired) electrons. The summed E-state index contributed by atoms with van der Waals surface area (Å²) in [7, 11) is 0. The maximum absolute atomic E-state index is 11.8. The third-order valence-electron chi connectivity index (χ3n) is 3.08. The molecule has 110 valence electrons. The van der Waals surface area contributed by atoms with Crippen LogP contribution < -0.4 is 10.6 Å². The Kier molecular flexibility index (Phi) is 8.57. The quantitative estimate of drug-likeness (QED) is 0.888. The Morgan fingerprint density at radius 3 is 2.74 bits per heavy atom. The summed E-state index contributed by atoms with van der Waals surface area (Å²) in [5, 5.41) is 7.32. The Morgan fingerprint density at radius 2 is 2.21 bits per heavy atom. The van der Waals surface area contributed by atoms with Crippen LogP contribution in [0.2, 0.25) is 0 Å². The molecule has 1 saturated heterocycles. The molecule has 0 aromatic carbocycles. The van der Waals surface area contributed by atoms with Crippen molar-refractivity contribution < 1.29 is 4.79 Å². The highest BCUT2D eigenvalue weighted by Gasteiger charge is 2.21. The molecule has 0 spiro atoms. The molecule has 1 fully saturated rings. The molecule has 1 aliphatic rings. The minimum Gasteiger partial charge on any atom is -0.355 e. The molecule has 2 rings (SSSR count). The van der Waals surface area contributed by atoms with Gasteiger partial charge in [0.15, 0.2) is 0 Å². The standard InChI is InChI=1S/C12H19N3OS.2ClH/c1-8-11(17-9(2)15-8)4-6-14-12(16)10-3-5-13-7-10;;/h10,13H,3-7H2,1-2H3,(H,14,16);2*1H. The van der Waals surface area contributed by atoms with E-state index in [1.54, 1.807) is 11.3 Å². The van der Waals surface area contributed by atoms with E-state index in [1.807, 2.05) is 13.8 Å². The first kappa shape index (κ1) is 18.6. The third-order valence-corrected chi connectivity index (χ3v) is 4.21. The van der Waals surface area contributed by atoms with Gasteiger partial charge in [0.05, 0.1) is 16.6 Å². The first-order valence-electron chi connectivity index (χ1n) is 6.08. The molecule has 1 aliphatic heterocycles. The molecular weight excluding hydrogens is 305 g/mol. The lowest BCUT2D eigenvalue weighted by atomic mass is 10.1. The van der Waals surface area contributed by atoms with Crippen molar-refractivity contribution in [2.24, 2.45) is 5.92 Å². The zero-order valence-corrected chi connectivity index (χ0v) is 13.6. The molecule has 1 atom stereocenters. The Labute approximate surface area is 130 Å². The van der Waals surface area contributed by atoms with Crippen molar-refractivity contribution in [1.82, 2.24) is 15.6 Å². The summed E-state index contributed by atoms with van der Waals surface area (Å²) in [5.41, 5.74) is 1.10. The summed E-state index contributed by atoms with van der Waals surface area (Å²) in [4.78, 5) is 17.4. The fourth-order valence-electron chi connectivity index (χ4n) is 2.13. The number of thiazole rings is 1. The second-order valence-electron chi connectivity index (χ2n) is 4.47. The van der Waals surface area contributed by atoms with E-state index in [0.717, 1.165) is 43.2 Å². The maximum atomic E-state index is 11.8. The van der Waals surface area contributed by atoms with Crippen LogP contribution in [0.3, 0.4) is 0 Å². The van der Waals surface area contributed by atoms with Gasteiger partial charge in [0.2, 0.25) is 5.91 Å². The highest BCUT2D eigenvalue weighted by Crippen LogP contribution is 2.17. The monoisotopic (exact) mass is 325 g/mol. The highest BCUT2D eigenvalue weighted by molar-refractivity contribution is 7.11. The number of nitrogens with zero attached hydrogens (tertiary/aromatic N) is 1. The average Bonchev–Trinajstić information content (AvgIpc) is 2.89. The van der Waals surface area contributed by atoms with Crippen molar-refractivity contribution >= 4 is 42.1 Å². The lowest BCUT2D eigenvalue weighted by Crippen LogP contribution is -2.33. The van der Waals surface area contributed by atoms with Crippen LogP contribution in [-0.4, -0.2) is 30.5 Å². The van der Waals surface area contributed by atoms with E-state index in [9.17, 15) is 4.79 Å². The zero-order valence-electron chi connectivity index (χ0n) is 11.2. The molecule has 1 amide bonds. The lowest BCUT2D eigenvalue weighted by Gasteiger charge is -2.09. The van der Waals surface area contributed by atoms with Gasteiger partial charge in [-0.1, -0.05) is 0 Å². The summed E-state index contributed by atoms with van der Waals surface area (Å²) in [5.74, 6) is 0.355. The number of carbonyl (C=O) groups excluding carboxylic acids is 1. The number of aryl methyl sites for hydroxylation is 2. The predicted molar refractivity (Wildman–Crippen MR) is 83.8 cm³/mol. The zero-order chi connectivity index (χ0) is 12.3. The molecule has 1 unspecified atom stereocenters. The summed E-state index contributed by atoms with van der Waals surface area (Å²) in [6, 6.07) is 0. The van der Waals surface area contributed by atoms with E-state index < -0.39 is 0 Å². The number of rotatable bonds is 4. The van der Waals surface area contributed by atoms with Crippen LogP contribution in [0.15, 0.2) is 0 Å². The van der Waals surface area contributed by atoms with Crippen molar-refractivity contribution in [2.75, 3.05) is 19.6 Å². The molecule has 1 aromatic heterocycles. The summed E-state index contributed by atoms with van der Waals surface area (Å²) in [6.07, 6.45) is 1.85. The number of halogens is 2. The van der Waals surface area contributed by atoms with Crippen molar-refractivity contribution in [3.8, 4) is 0 Å². The summed E-state index contributed by atoms with van der Waals surface area (Å²) < 4.78 is 0. The largest absolute Gasteiger partial charge is 0.355 e. The fourth-order valence-corrected chi connectivity index (χ4v) is 3.06. The molecule has 0 saturated carbocycles. The van der Waals surface area contributed by atoms with Crippen LogP contribution >= 0.6 is 36.2 Å². The van der Waals surface area contributed by atoms with Gasteiger partial charge in [-0.15, -0.1) is 36.2 Å². The van der Waals surface area contributed by atoms with E-state index in [1.165, 1.54) is 4.88 Å². The molecule has 4 nitrogen and oxygen atoms in total. The number of hydrogen-bond donors (Lipinski definition) is 2. The Hall–Kier alpha value is -0.360. The number of aromatic nitrogens is 1. The number of nitrogens with one attached hydrogen (secondary N) is 2. The second kappa shape index (κ2) is 8.74. The minimum atomic E-state index is 0. The van der Waals surface area contributed by atoms with E-state index in [0.29, 0.717) is 0 Å². The van der Waals surface area contributed by atoms with E-state index >= 15 is 0 Å². The van der Waals surface area contributed by atoms with E-state index in [4.69, 9.17) is 0 Å². The van der Waals surface area contributed by atoms with Crippen LogP contribution in [0.25, 0.3) is 0 Å². The van der Waals surface area contributed by atoms with Crippen molar-refractivity contribution in [2.45, 2.75) is 26.7 Å². The fraction of sp³-hybridized carbons (Fsp3) is 0.667. The number of amides is 1. The molecule has 2 heterocycles. The van der Waals surface area contributed by atoms with Crippen molar-refractivity contribution in [3.05, 3.63) is 15.6 Å². The van der Waals surface area contributed by atoms with Gasteiger partial charge >= 0.3 is 0 Å². The molecule has 2 N–H and O–H groups in total. The lowest BCUT2D eigenvalue weighted by molar-refractivity contribution is -0.124. The normalized spacial score (nSPS) is 17.5. The topological polar surface area (TPSA) is 54.0 Å². The molecule has 19 heavy (non-hydrogen) atoms. The van der Waals surface area contributed by atoms with Crippen LogP contribution in [0, 0.1) is 19.8 Å². The van der Waals surface area contributed by atoms with Crippen LogP contribution in [-0.2, 0) is 11.2 Å². The van der Waals surface area contributed by atoms with Gasteiger partial charge in [-0.05, 0) is 26.8 Å². The van der Waals surface area contributed by atoms with Crippen LogP contribution in [0.5, 0.6) is 0 Å². The highest BCUT2D eigenvalue weighted by atomic mass is 35.5. The number of carbonyl (C=O) groups is 1. The van der Waals surface area contributed by atoms with Gasteiger partial charge in [0.25, 0.3) is 0 Å². The smallest absolute Gasteiger partial charge is 0.224 e.